The van der Waals surface area contributed by atoms with E-state index < -0.39 is 0 Å². The maximum atomic E-state index is 11.7. The molecule has 0 aliphatic carbocycles. The molecular weight excluding hydrogens is 224 g/mol. The molecule has 1 rings (SSSR count). The predicted molar refractivity (Wildman–Crippen MR) is 76.6 cm³/mol. The second-order valence-electron chi connectivity index (χ2n) is 4.24. The second-order valence-corrected chi connectivity index (χ2v) is 4.24. The molecule has 0 atom stereocenters. The molecule has 0 bridgehead atoms. The van der Waals surface area contributed by atoms with Crippen molar-refractivity contribution in [2.45, 2.75) is 39.0 Å². The number of unbranched alkanes of at least 4 members (excludes halogenated alkanes) is 2. The zero-order chi connectivity index (χ0) is 13.1. The summed E-state index contributed by atoms with van der Waals surface area (Å²) in [6.07, 6.45) is 16.5. The molecule has 0 aromatic carbocycles. The fourth-order valence-electron chi connectivity index (χ4n) is 1.64. The molecule has 1 aliphatic heterocycles. The molecule has 0 unspecified atom stereocenters. The maximum Gasteiger partial charge on any atom is 0.224 e. The van der Waals surface area contributed by atoms with Crippen LogP contribution in [0, 0.1) is 0 Å². The van der Waals surface area contributed by atoms with Gasteiger partial charge in [0.25, 0.3) is 0 Å². The van der Waals surface area contributed by atoms with Gasteiger partial charge in [-0.15, -0.1) is 0 Å². The van der Waals surface area contributed by atoms with Gasteiger partial charge < -0.3 is 5.32 Å². The van der Waals surface area contributed by atoms with Gasteiger partial charge in [-0.3, -0.25) is 9.79 Å². The highest BCUT2D eigenvalue weighted by Gasteiger charge is 2.03. The number of aliphatic imine (C=N–C) groups is 1. The third-order valence-electron chi connectivity index (χ3n) is 2.59. The number of carbonyl (C=O) groups excluding carboxylic acids is 1. The first-order valence-corrected chi connectivity index (χ1v) is 6.63. The highest BCUT2D eigenvalue weighted by atomic mass is 16.1. The molecule has 0 saturated heterocycles. The van der Waals surface area contributed by atoms with Gasteiger partial charge in [-0.1, -0.05) is 25.2 Å². The SMILES string of the molecule is CCC=CCCCCC(=O)NC1=CC=CC=NC1. The molecule has 0 spiro atoms. The molecule has 1 N–H and O–H groups in total. The van der Waals surface area contributed by atoms with Gasteiger partial charge in [-0.2, -0.15) is 0 Å². The van der Waals surface area contributed by atoms with Crippen LogP contribution in [0.25, 0.3) is 0 Å². The van der Waals surface area contributed by atoms with E-state index in [-0.39, 0.29) is 5.91 Å². The lowest BCUT2D eigenvalue weighted by Gasteiger charge is -2.06. The van der Waals surface area contributed by atoms with Crippen molar-refractivity contribution in [3.05, 3.63) is 36.1 Å². The smallest absolute Gasteiger partial charge is 0.224 e. The number of nitrogens with zero attached hydrogens (tertiary/aromatic N) is 1. The molecule has 3 heteroatoms. The first-order chi connectivity index (χ1) is 8.83. The van der Waals surface area contributed by atoms with Crippen LogP contribution in [0.5, 0.6) is 0 Å². The molecule has 0 aromatic heterocycles. The molecule has 18 heavy (non-hydrogen) atoms. The summed E-state index contributed by atoms with van der Waals surface area (Å²) in [6.45, 7) is 2.68. The van der Waals surface area contributed by atoms with Crippen molar-refractivity contribution in [2.75, 3.05) is 6.54 Å². The molecule has 1 amide bonds. The van der Waals surface area contributed by atoms with Crippen LogP contribution < -0.4 is 5.32 Å². The van der Waals surface area contributed by atoms with E-state index in [1.54, 1.807) is 6.21 Å². The molecule has 0 aromatic rings. The number of carbonyl (C=O) groups is 1. The Morgan fingerprint density at radius 2 is 2.28 bits per heavy atom. The maximum absolute atomic E-state index is 11.7. The van der Waals surface area contributed by atoms with Crippen LogP contribution >= 0.6 is 0 Å². The summed E-state index contributed by atoms with van der Waals surface area (Å²) >= 11 is 0. The van der Waals surface area contributed by atoms with Gasteiger partial charge in [0.05, 0.1) is 6.54 Å². The minimum absolute atomic E-state index is 0.0891. The lowest BCUT2D eigenvalue weighted by atomic mass is 10.1. The zero-order valence-electron chi connectivity index (χ0n) is 11.1. The van der Waals surface area contributed by atoms with E-state index >= 15 is 0 Å². The van der Waals surface area contributed by atoms with Crippen LogP contribution in [-0.2, 0) is 4.79 Å². The number of rotatable bonds is 7. The average Bonchev–Trinajstić information content (AvgIpc) is 2.62. The number of nitrogens with one attached hydrogen (secondary N) is 1. The summed E-state index contributed by atoms with van der Waals surface area (Å²) in [4.78, 5) is 15.8. The van der Waals surface area contributed by atoms with Crippen LogP contribution in [0.1, 0.15) is 39.0 Å². The van der Waals surface area contributed by atoms with E-state index in [1.165, 1.54) is 0 Å². The fraction of sp³-hybridized carbons (Fsp3) is 0.467. The van der Waals surface area contributed by atoms with Gasteiger partial charge in [0, 0.05) is 18.3 Å². The Kier molecular flexibility index (Phi) is 7.53. The second kappa shape index (κ2) is 9.40. The van der Waals surface area contributed by atoms with E-state index in [0.717, 1.165) is 31.4 Å². The fourth-order valence-corrected chi connectivity index (χ4v) is 1.64. The molecule has 1 heterocycles. The van der Waals surface area contributed by atoms with Crippen LogP contribution in [0.3, 0.4) is 0 Å². The number of allylic oxidation sites excluding steroid dienone is 5. The zero-order valence-corrected chi connectivity index (χ0v) is 11.1. The summed E-state index contributed by atoms with van der Waals surface area (Å²) in [5.74, 6) is 0.0891. The predicted octanol–water partition coefficient (Wildman–Crippen LogP) is 3.15. The van der Waals surface area contributed by atoms with E-state index in [0.29, 0.717) is 13.0 Å². The Morgan fingerprint density at radius 3 is 3.11 bits per heavy atom. The molecule has 98 valence electrons. The number of hydrogen-bond donors (Lipinski definition) is 1. The van der Waals surface area contributed by atoms with E-state index in [9.17, 15) is 4.79 Å². The van der Waals surface area contributed by atoms with Gasteiger partial charge in [0.1, 0.15) is 0 Å². The quantitative estimate of drug-likeness (QED) is 0.544. The Labute approximate surface area is 109 Å². The van der Waals surface area contributed by atoms with Gasteiger partial charge in [-0.05, 0) is 37.8 Å². The van der Waals surface area contributed by atoms with Crippen LogP contribution in [0.15, 0.2) is 41.1 Å². The Hall–Kier alpha value is -1.64. The van der Waals surface area contributed by atoms with Crippen molar-refractivity contribution in [3.63, 3.8) is 0 Å². The van der Waals surface area contributed by atoms with Gasteiger partial charge in [-0.25, -0.2) is 0 Å². The summed E-state index contributed by atoms with van der Waals surface area (Å²) < 4.78 is 0. The molecular formula is C15H22N2O. The van der Waals surface area contributed by atoms with Gasteiger partial charge in [0.2, 0.25) is 5.91 Å². The molecule has 3 nitrogen and oxygen atoms in total. The third kappa shape index (κ3) is 6.84. The lowest BCUT2D eigenvalue weighted by Crippen LogP contribution is -2.23. The van der Waals surface area contributed by atoms with Gasteiger partial charge in [0.15, 0.2) is 0 Å². The van der Waals surface area contributed by atoms with Crippen molar-refractivity contribution < 1.29 is 4.79 Å². The average molecular weight is 246 g/mol. The van der Waals surface area contributed by atoms with E-state index in [2.05, 4.69) is 29.4 Å². The Morgan fingerprint density at radius 1 is 1.39 bits per heavy atom. The van der Waals surface area contributed by atoms with Crippen LogP contribution in [-0.4, -0.2) is 18.7 Å². The van der Waals surface area contributed by atoms with E-state index in [4.69, 9.17) is 0 Å². The summed E-state index contributed by atoms with van der Waals surface area (Å²) in [5, 5.41) is 2.90. The highest BCUT2D eigenvalue weighted by molar-refractivity contribution is 5.78. The molecule has 0 radical (unpaired) electrons. The van der Waals surface area contributed by atoms with Crippen molar-refractivity contribution in [3.8, 4) is 0 Å². The Bertz CT molecular complexity index is 365. The number of amides is 1. The van der Waals surface area contributed by atoms with Crippen molar-refractivity contribution in [1.82, 2.24) is 5.32 Å². The first-order valence-electron chi connectivity index (χ1n) is 6.63. The number of hydrogen-bond acceptors (Lipinski definition) is 2. The normalized spacial score (nSPS) is 14.6. The minimum atomic E-state index is 0.0891. The Balaban J connectivity index is 2.14. The topological polar surface area (TPSA) is 41.5 Å². The summed E-state index contributed by atoms with van der Waals surface area (Å²) in [5.41, 5.74) is 0.871. The first kappa shape index (κ1) is 14.4. The summed E-state index contributed by atoms with van der Waals surface area (Å²) in [6, 6.07) is 0. The van der Waals surface area contributed by atoms with Crippen LogP contribution in [0.2, 0.25) is 0 Å². The minimum Gasteiger partial charge on any atom is -0.328 e. The molecule has 0 fully saturated rings. The van der Waals surface area contributed by atoms with Crippen molar-refractivity contribution in [2.24, 2.45) is 4.99 Å². The lowest BCUT2D eigenvalue weighted by molar-refractivity contribution is -0.120. The van der Waals surface area contributed by atoms with Crippen molar-refractivity contribution >= 4 is 12.1 Å². The third-order valence-corrected chi connectivity index (χ3v) is 2.59. The molecule has 0 saturated carbocycles. The highest BCUT2D eigenvalue weighted by Crippen LogP contribution is 2.03. The largest absolute Gasteiger partial charge is 0.328 e. The monoisotopic (exact) mass is 246 g/mol. The standard InChI is InChI=1S/C15H22N2O/c1-2-3-4-5-6-7-11-15(18)17-14-10-8-9-12-16-13-14/h3-4,8-10,12H,2,5-7,11,13H2,1H3,(H,17,18). The van der Waals surface area contributed by atoms with E-state index in [1.807, 2.05) is 18.2 Å². The van der Waals surface area contributed by atoms with Crippen molar-refractivity contribution in [1.29, 1.82) is 0 Å². The molecule has 1 aliphatic rings. The summed E-state index contributed by atoms with van der Waals surface area (Å²) in [7, 11) is 0. The van der Waals surface area contributed by atoms with Crippen LogP contribution in [0.4, 0.5) is 0 Å². The van der Waals surface area contributed by atoms with Gasteiger partial charge >= 0.3 is 0 Å².